The molecule has 2 aliphatic carbocycles. The molecule has 1 saturated carbocycles. The minimum atomic E-state index is -1.79. The molecule has 11 heteroatoms. The van der Waals surface area contributed by atoms with Crippen molar-refractivity contribution in [3.05, 3.63) is 126 Å². The Morgan fingerprint density at radius 3 is 2.20 bits per heavy atom. The number of imide groups is 2. The Balaban J connectivity index is 1.21. The van der Waals surface area contributed by atoms with Gasteiger partial charge in [-0.15, -0.1) is 0 Å². The van der Waals surface area contributed by atoms with E-state index in [-0.39, 0.29) is 42.3 Å². The maximum Gasteiger partial charge on any atom is 0.488 e. The van der Waals surface area contributed by atoms with Gasteiger partial charge in [0.1, 0.15) is 18.1 Å². The number of carbonyl (C=O) groups is 4. The number of carbonyl (C=O) groups excluding carboxylic acids is 4. The third kappa shape index (κ3) is 5.10. The molecule has 6 unspecified atom stereocenters. The summed E-state index contributed by atoms with van der Waals surface area (Å²) in [5.74, 6) is -5.08. The number of ether oxygens (including phenoxy) is 1. The third-order valence-corrected chi connectivity index (χ3v) is 11.3. The van der Waals surface area contributed by atoms with E-state index in [1.54, 1.807) is 61.5 Å². The summed E-state index contributed by atoms with van der Waals surface area (Å²) in [7, 11) is -1.79. The standard InChI is InChI=1S/C40H35BN2O8/c1-40-32(37(46)43(39(40)48)25-12-6-3-7-13-25)21-31-28(35(40)29-16-15-27(20-33(29)44)51-22-23-9-4-2-5-10-23)17-18-30-34(31)38(47)42(36(30)45)26-14-8-11-24(19-26)41(49)50/h2-17,19-20,30-32,34-35,44,49-50H,18,21-22H2,1H3. The van der Waals surface area contributed by atoms with Gasteiger partial charge < -0.3 is 19.9 Å². The molecule has 0 spiro atoms. The van der Waals surface area contributed by atoms with E-state index in [4.69, 9.17) is 4.74 Å². The van der Waals surface area contributed by atoms with Crippen LogP contribution in [0, 0.1) is 29.1 Å². The van der Waals surface area contributed by atoms with E-state index in [9.17, 15) is 34.3 Å². The summed E-state index contributed by atoms with van der Waals surface area (Å²) in [6.45, 7) is 2.05. The van der Waals surface area contributed by atoms with Crippen molar-refractivity contribution in [2.24, 2.45) is 29.1 Å². The van der Waals surface area contributed by atoms with Crippen molar-refractivity contribution in [3.63, 3.8) is 0 Å². The van der Waals surface area contributed by atoms with Gasteiger partial charge in [0.2, 0.25) is 23.6 Å². The first-order chi connectivity index (χ1) is 24.6. The van der Waals surface area contributed by atoms with Gasteiger partial charge in [-0.25, -0.2) is 4.90 Å². The summed E-state index contributed by atoms with van der Waals surface area (Å²) in [6, 6.07) is 29.3. The van der Waals surface area contributed by atoms with Crippen LogP contribution in [0.4, 0.5) is 11.4 Å². The average molecular weight is 683 g/mol. The first-order valence-corrected chi connectivity index (χ1v) is 17.1. The maximum atomic E-state index is 14.6. The number of phenols is 1. The molecular weight excluding hydrogens is 647 g/mol. The number of rotatable bonds is 7. The topological polar surface area (TPSA) is 145 Å². The lowest BCUT2D eigenvalue weighted by atomic mass is 9.51. The molecule has 3 N–H and O–H groups in total. The number of amides is 4. The first kappa shape index (κ1) is 32.7. The van der Waals surface area contributed by atoms with Gasteiger partial charge in [-0.3, -0.25) is 24.1 Å². The van der Waals surface area contributed by atoms with E-state index in [2.05, 4.69) is 0 Å². The molecule has 51 heavy (non-hydrogen) atoms. The summed E-state index contributed by atoms with van der Waals surface area (Å²) in [6.07, 6.45) is 2.30. The predicted molar refractivity (Wildman–Crippen MR) is 189 cm³/mol. The number of fused-ring (bicyclic) bond motifs is 4. The fraction of sp³-hybridized carbons (Fsp3) is 0.250. The summed E-state index contributed by atoms with van der Waals surface area (Å²) < 4.78 is 5.98. The molecule has 10 nitrogen and oxygen atoms in total. The van der Waals surface area contributed by atoms with Crippen LogP contribution in [0.3, 0.4) is 0 Å². The quantitative estimate of drug-likeness (QED) is 0.150. The zero-order valence-electron chi connectivity index (χ0n) is 27.8. The molecule has 4 aliphatic rings. The Bertz CT molecular complexity index is 2100. The number of hydrogen-bond donors (Lipinski definition) is 3. The first-order valence-electron chi connectivity index (χ1n) is 17.1. The minimum absolute atomic E-state index is 0.109. The number of phenolic OH excluding ortho intramolecular Hbond substituents is 1. The molecule has 2 saturated heterocycles. The number of hydrogen-bond acceptors (Lipinski definition) is 8. The molecule has 2 heterocycles. The van der Waals surface area contributed by atoms with Gasteiger partial charge in [-0.2, -0.15) is 0 Å². The number of para-hydroxylation sites is 1. The normalized spacial score (nSPS) is 26.8. The van der Waals surface area contributed by atoms with E-state index in [0.717, 1.165) is 16.0 Å². The highest BCUT2D eigenvalue weighted by Crippen LogP contribution is 2.64. The van der Waals surface area contributed by atoms with E-state index in [0.29, 0.717) is 17.0 Å². The van der Waals surface area contributed by atoms with Crippen molar-refractivity contribution in [1.82, 2.24) is 0 Å². The summed E-state index contributed by atoms with van der Waals surface area (Å²) in [5.41, 5.74) is 1.61. The van der Waals surface area contributed by atoms with Crippen molar-refractivity contribution in [1.29, 1.82) is 0 Å². The zero-order chi connectivity index (χ0) is 35.6. The average Bonchev–Trinajstić information content (AvgIpc) is 3.51. The van der Waals surface area contributed by atoms with Crippen LogP contribution in [-0.4, -0.2) is 45.9 Å². The van der Waals surface area contributed by atoms with Crippen molar-refractivity contribution in [2.75, 3.05) is 9.80 Å². The smallest absolute Gasteiger partial charge is 0.488 e. The number of nitrogens with zero attached hydrogens (tertiary/aromatic N) is 2. The van der Waals surface area contributed by atoms with Crippen LogP contribution in [0.1, 0.15) is 36.8 Å². The fourth-order valence-corrected chi connectivity index (χ4v) is 8.86. The van der Waals surface area contributed by atoms with Gasteiger partial charge in [0.25, 0.3) is 0 Å². The number of anilines is 2. The Morgan fingerprint density at radius 1 is 0.784 bits per heavy atom. The highest BCUT2D eigenvalue weighted by molar-refractivity contribution is 6.58. The molecule has 256 valence electrons. The molecule has 0 radical (unpaired) electrons. The van der Waals surface area contributed by atoms with Crippen molar-refractivity contribution >= 4 is 47.6 Å². The highest BCUT2D eigenvalue weighted by Gasteiger charge is 2.68. The molecule has 6 atom stereocenters. The predicted octanol–water partition coefficient (Wildman–Crippen LogP) is 4.09. The lowest BCUT2D eigenvalue weighted by Gasteiger charge is -2.49. The Kier molecular flexibility index (Phi) is 7.92. The molecule has 0 bridgehead atoms. The summed E-state index contributed by atoms with van der Waals surface area (Å²) in [5, 5.41) is 31.2. The number of allylic oxidation sites excluding steroid dienone is 2. The SMILES string of the molecule is CC12C(=O)N(c3ccccc3)C(=O)C1CC1C(=CCC3C(=O)N(c4cccc(B(O)O)c4)C(=O)C31)C2c1ccc(OCc2ccccc2)cc1O. The van der Waals surface area contributed by atoms with E-state index in [1.165, 1.54) is 23.1 Å². The Morgan fingerprint density at radius 2 is 1.49 bits per heavy atom. The summed E-state index contributed by atoms with van der Waals surface area (Å²) >= 11 is 0. The molecule has 4 amide bonds. The van der Waals surface area contributed by atoms with Gasteiger partial charge in [0, 0.05) is 17.5 Å². The largest absolute Gasteiger partial charge is 0.508 e. The summed E-state index contributed by atoms with van der Waals surface area (Å²) in [4.78, 5) is 59.6. The van der Waals surface area contributed by atoms with Crippen LogP contribution in [0.5, 0.6) is 11.5 Å². The molecular formula is C40H35BN2O8. The van der Waals surface area contributed by atoms with Crippen LogP contribution < -0.4 is 20.0 Å². The van der Waals surface area contributed by atoms with E-state index < -0.39 is 59.8 Å². The second-order valence-corrected chi connectivity index (χ2v) is 14.0. The third-order valence-electron chi connectivity index (χ3n) is 11.3. The van der Waals surface area contributed by atoms with Crippen molar-refractivity contribution < 1.29 is 39.1 Å². The van der Waals surface area contributed by atoms with Gasteiger partial charge in [-0.05, 0) is 67.0 Å². The highest BCUT2D eigenvalue weighted by atomic mass is 16.5. The van der Waals surface area contributed by atoms with E-state index >= 15 is 0 Å². The molecule has 4 aromatic rings. The van der Waals surface area contributed by atoms with Crippen LogP contribution in [0.2, 0.25) is 0 Å². The van der Waals surface area contributed by atoms with Crippen molar-refractivity contribution in [3.8, 4) is 11.5 Å². The van der Waals surface area contributed by atoms with Crippen LogP contribution in [0.25, 0.3) is 0 Å². The van der Waals surface area contributed by atoms with Crippen LogP contribution >= 0.6 is 0 Å². The molecule has 8 rings (SSSR count). The van der Waals surface area contributed by atoms with Gasteiger partial charge in [-0.1, -0.05) is 78.4 Å². The molecule has 4 aromatic carbocycles. The monoisotopic (exact) mass is 682 g/mol. The van der Waals surface area contributed by atoms with Gasteiger partial charge in [0.15, 0.2) is 0 Å². The lowest BCUT2D eigenvalue weighted by molar-refractivity contribution is -0.131. The second kappa shape index (κ2) is 12.4. The number of aromatic hydroxyl groups is 1. The van der Waals surface area contributed by atoms with Crippen LogP contribution in [0.15, 0.2) is 115 Å². The van der Waals surface area contributed by atoms with Crippen molar-refractivity contribution in [2.45, 2.75) is 32.3 Å². The van der Waals surface area contributed by atoms with Gasteiger partial charge >= 0.3 is 7.12 Å². The van der Waals surface area contributed by atoms with E-state index in [1.807, 2.05) is 36.4 Å². The number of benzene rings is 4. The van der Waals surface area contributed by atoms with Gasteiger partial charge in [0.05, 0.1) is 34.5 Å². The van der Waals surface area contributed by atoms with Crippen LogP contribution in [-0.2, 0) is 25.8 Å². The maximum absolute atomic E-state index is 14.6. The minimum Gasteiger partial charge on any atom is -0.508 e. The molecule has 0 aromatic heterocycles. The fourth-order valence-electron chi connectivity index (χ4n) is 8.86. The molecule has 2 aliphatic heterocycles. The molecule has 3 fully saturated rings. The lowest BCUT2D eigenvalue weighted by Crippen LogP contribution is -2.48. The Hall–Kier alpha value is -5.52. The Labute approximate surface area is 294 Å². The second-order valence-electron chi connectivity index (χ2n) is 14.0. The zero-order valence-corrected chi connectivity index (χ0v) is 27.8.